The van der Waals surface area contributed by atoms with Gasteiger partial charge in [0.25, 0.3) is 5.91 Å². The highest BCUT2D eigenvalue weighted by atomic mass is 19.1. The lowest BCUT2D eigenvalue weighted by Gasteiger charge is -2.35. The molecule has 1 atom stereocenters. The number of carbonyl (C=O) groups excluding carboxylic acids is 2. The zero-order valence-electron chi connectivity index (χ0n) is 17.8. The molecule has 1 heterocycles. The van der Waals surface area contributed by atoms with Gasteiger partial charge >= 0.3 is 0 Å². The molecular weight excluding hydrogens is 391 g/mol. The van der Waals surface area contributed by atoms with Crippen molar-refractivity contribution in [1.29, 1.82) is 0 Å². The molecule has 1 aliphatic rings. The van der Waals surface area contributed by atoms with Crippen molar-refractivity contribution in [3.8, 4) is 0 Å². The van der Waals surface area contributed by atoms with E-state index in [0.717, 1.165) is 29.2 Å². The minimum Gasteiger partial charge on any atom is -0.338 e. The lowest BCUT2D eigenvalue weighted by Crippen LogP contribution is -2.46. The zero-order chi connectivity index (χ0) is 21.8. The molecule has 1 aliphatic heterocycles. The summed E-state index contributed by atoms with van der Waals surface area (Å²) in [5, 5.41) is 1.97. The van der Waals surface area contributed by atoms with E-state index in [9.17, 15) is 14.0 Å². The summed E-state index contributed by atoms with van der Waals surface area (Å²) in [6.07, 6.45) is 1.56. The Kier molecular flexibility index (Phi) is 6.31. The van der Waals surface area contributed by atoms with Gasteiger partial charge < -0.3 is 9.80 Å². The Morgan fingerprint density at radius 2 is 1.84 bits per heavy atom. The fourth-order valence-corrected chi connectivity index (χ4v) is 4.40. The van der Waals surface area contributed by atoms with Crippen LogP contribution >= 0.6 is 0 Å². The summed E-state index contributed by atoms with van der Waals surface area (Å²) in [6.45, 7) is 3.92. The number of amides is 2. The lowest BCUT2D eigenvalue weighted by molar-refractivity contribution is -0.137. The van der Waals surface area contributed by atoms with Gasteiger partial charge in [0.15, 0.2) is 0 Å². The molecule has 3 aromatic rings. The number of carbonyl (C=O) groups is 2. The molecule has 0 aromatic heterocycles. The summed E-state index contributed by atoms with van der Waals surface area (Å²) >= 11 is 0. The van der Waals surface area contributed by atoms with E-state index in [2.05, 4.69) is 0 Å². The highest BCUT2D eigenvalue weighted by Crippen LogP contribution is 2.25. The summed E-state index contributed by atoms with van der Waals surface area (Å²) in [4.78, 5) is 30.1. The molecule has 4 nitrogen and oxygen atoms in total. The van der Waals surface area contributed by atoms with E-state index < -0.39 is 0 Å². The van der Waals surface area contributed by atoms with Crippen LogP contribution in [0.25, 0.3) is 10.8 Å². The Bertz CT molecular complexity index is 1090. The number of halogens is 1. The van der Waals surface area contributed by atoms with Gasteiger partial charge in [-0.15, -0.1) is 0 Å². The molecule has 1 saturated heterocycles. The molecule has 5 heteroatoms. The molecule has 160 valence electrons. The molecule has 31 heavy (non-hydrogen) atoms. The van der Waals surface area contributed by atoms with E-state index in [-0.39, 0.29) is 23.5 Å². The van der Waals surface area contributed by atoms with Crippen LogP contribution in [0.3, 0.4) is 0 Å². The molecule has 0 N–H and O–H groups in total. The maximum absolute atomic E-state index is 13.5. The molecule has 0 radical (unpaired) electrons. The van der Waals surface area contributed by atoms with Gasteiger partial charge in [0.1, 0.15) is 5.82 Å². The third kappa shape index (κ3) is 4.61. The SMILES string of the molecule is CCN(Cc1cccc(F)c1)C(=O)C1CCCN(C(=O)c2cccc3ccccc23)C1. The molecular formula is C26H27FN2O2. The second kappa shape index (κ2) is 9.29. The maximum atomic E-state index is 13.5. The van der Waals surface area contributed by atoms with Crippen molar-refractivity contribution >= 4 is 22.6 Å². The minimum absolute atomic E-state index is 0.0255. The van der Waals surface area contributed by atoms with Crippen LogP contribution in [-0.2, 0) is 11.3 Å². The summed E-state index contributed by atoms with van der Waals surface area (Å²) in [6, 6.07) is 20.0. The number of hydrogen-bond donors (Lipinski definition) is 0. The van der Waals surface area contributed by atoms with Gasteiger partial charge in [0, 0.05) is 31.7 Å². The van der Waals surface area contributed by atoms with Crippen molar-refractivity contribution in [2.24, 2.45) is 5.92 Å². The number of piperidine rings is 1. The Hall–Kier alpha value is -3.21. The summed E-state index contributed by atoms with van der Waals surface area (Å²) in [5.74, 6) is -0.531. The molecule has 0 aliphatic carbocycles. The Morgan fingerprint density at radius 3 is 2.65 bits per heavy atom. The fraction of sp³-hybridized carbons (Fsp3) is 0.308. The van der Waals surface area contributed by atoms with Gasteiger partial charge in [-0.25, -0.2) is 4.39 Å². The smallest absolute Gasteiger partial charge is 0.254 e. The molecule has 1 fully saturated rings. The van der Waals surface area contributed by atoms with Crippen molar-refractivity contribution in [3.63, 3.8) is 0 Å². The Morgan fingerprint density at radius 1 is 1.06 bits per heavy atom. The predicted octanol–water partition coefficient (Wildman–Crippen LogP) is 4.88. The van der Waals surface area contributed by atoms with Crippen molar-refractivity contribution in [2.75, 3.05) is 19.6 Å². The van der Waals surface area contributed by atoms with E-state index >= 15 is 0 Å². The summed E-state index contributed by atoms with van der Waals surface area (Å²) in [5.41, 5.74) is 1.45. The molecule has 0 spiro atoms. The van der Waals surface area contributed by atoms with Crippen LogP contribution in [0.5, 0.6) is 0 Å². The van der Waals surface area contributed by atoms with Crippen LogP contribution in [0, 0.1) is 11.7 Å². The van der Waals surface area contributed by atoms with Crippen molar-refractivity contribution in [3.05, 3.63) is 83.7 Å². The van der Waals surface area contributed by atoms with Gasteiger partial charge in [-0.1, -0.05) is 48.5 Å². The average molecular weight is 419 g/mol. The van der Waals surface area contributed by atoms with E-state index in [1.54, 1.807) is 11.0 Å². The van der Waals surface area contributed by atoms with Gasteiger partial charge in [-0.3, -0.25) is 9.59 Å². The zero-order valence-corrected chi connectivity index (χ0v) is 17.8. The highest BCUT2D eigenvalue weighted by Gasteiger charge is 2.31. The number of nitrogens with zero attached hydrogens (tertiary/aromatic N) is 2. The van der Waals surface area contributed by atoms with Crippen LogP contribution in [0.4, 0.5) is 4.39 Å². The van der Waals surface area contributed by atoms with Gasteiger partial charge in [0.05, 0.1) is 5.92 Å². The highest BCUT2D eigenvalue weighted by molar-refractivity contribution is 6.07. The van der Waals surface area contributed by atoms with Crippen LogP contribution in [0.15, 0.2) is 66.7 Å². The van der Waals surface area contributed by atoms with Crippen molar-refractivity contribution in [2.45, 2.75) is 26.3 Å². The van der Waals surface area contributed by atoms with Gasteiger partial charge in [0.2, 0.25) is 5.91 Å². The third-order valence-electron chi connectivity index (χ3n) is 6.03. The van der Waals surface area contributed by atoms with Crippen molar-refractivity contribution in [1.82, 2.24) is 9.80 Å². The molecule has 2 amide bonds. The van der Waals surface area contributed by atoms with Crippen LogP contribution < -0.4 is 0 Å². The van der Waals surface area contributed by atoms with Gasteiger partial charge in [-0.2, -0.15) is 0 Å². The number of rotatable bonds is 5. The largest absolute Gasteiger partial charge is 0.338 e. The number of benzene rings is 3. The topological polar surface area (TPSA) is 40.6 Å². The first-order valence-electron chi connectivity index (χ1n) is 10.9. The first-order valence-corrected chi connectivity index (χ1v) is 10.9. The number of likely N-dealkylation sites (tertiary alicyclic amines) is 1. The Labute approximate surface area is 182 Å². The first-order chi connectivity index (χ1) is 15.1. The summed E-state index contributed by atoms with van der Waals surface area (Å²) in [7, 11) is 0. The van der Waals surface area contributed by atoms with E-state index in [0.29, 0.717) is 31.7 Å². The fourth-order valence-electron chi connectivity index (χ4n) is 4.40. The molecule has 1 unspecified atom stereocenters. The third-order valence-corrected chi connectivity index (χ3v) is 6.03. The predicted molar refractivity (Wildman–Crippen MR) is 120 cm³/mol. The van der Waals surface area contributed by atoms with Crippen LogP contribution in [-0.4, -0.2) is 41.2 Å². The normalized spacial score (nSPS) is 16.3. The number of fused-ring (bicyclic) bond motifs is 1. The van der Waals surface area contributed by atoms with E-state index in [1.165, 1.54) is 12.1 Å². The second-order valence-corrected chi connectivity index (χ2v) is 8.10. The Balaban J connectivity index is 1.49. The standard InChI is InChI=1S/C26H27FN2O2/c1-2-28(17-19-8-5-12-22(27)16-19)25(30)21-11-7-15-29(18-21)26(31)24-14-6-10-20-9-3-4-13-23(20)24/h3-6,8-10,12-14,16,21H,2,7,11,15,17-18H2,1H3. The lowest BCUT2D eigenvalue weighted by atomic mass is 9.95. The van der Waals surface area contributed by atoms with Crippen LogP contribution in [0.1, 0.15) is 35.7 Å². The molecule has 3 aromatic carbocycles. The summed E-state index contributed by atoms with van der Waals surface area (Å²) < 4.78 is 13.5. The molecule has 4 rings (SSSR count). The maximum Gasteiger partial charge on any atom is 0.254 e. The van der Waals surface area contributed by atoms with Crippen molar-refractivity contribution < 1.29 is 14.0 Å². The first kappa shape index (κ1) is 21.0. The molecule has 0 saturated carbocycles. The van der Waals surface area contributed by atoms with E-state index in [4.69, 9.17) is 0 Å². The quantitative estimate of drug-likeness (QED) is 0.593. The van der Waals surface area contributed by atoms with Crippen LogP contribution in [0.2, 0.25) is 0 Å². The minimum atomic E-state index is -0.300. The monoisotopic (exact) mass is 418 g/mol. The number of hydrogen-bond acceptors (Lipinski definition) is 2. The molecule has 0 bridgehead atoms. The van der Waals surface area contributed by atoms with E-state index in [1.807, 2.05) is 60.4 Å². The second-order valence-electron chi connectivity index (χ2n) is 8.10. The van der Waals surface area contributed by atoms with Gasteiger partial charge in [-0.05, 0) is 54.3 Å². The average Bonchev–Trinajstić information content (AvgIpc) is 2.81.